The fourth-order valence-corrected chi connectivity index (χ4v) is 1.62. The monoisotopic (exact) mass is 162 g/mol. The van der Waals surface area contributed by atoms with Gasteiger partial charge < -0.3 is 4.90 Å². The maximum absolute atomic E-state index is 3.92. The average molecular weight is 162 g/mol. The van der Waals surface area contributed by atoms with Gasteiger partial charge in [-0.15, -0.1) is 0 Å². The van der Waals surface area contributed by atoms with Crippen LogP contribution < -0.4 is 0 Å². The van der Waals surface area contributed by atoms with Crippen LogP contribution in [0.25, 0.3) is 0 Å². The van der Waals surface area contributed by atoms with Crippen molar-refractivity contribution in [2.75, 3.05) is 26.7 Å². The third-order valence-corrected chi connectivity index (χ3v) is 2.34. The summed E-state index contributed by atoms with van der Waals surface area (Å²) in [6.07, 6.45) is 6.36. The largest absolute Gasteiger partial charge is 0.349 e. The van der Waals surface area contributed by atoms with Crippen LogP contribution in [0.4, 0.5) is 0 Å². The number of hydrogen-bond acceptors (Lipinski definition) is 2. The van der Waals surface area contributed by atoms with Crippen LogP contribution in [0, 0.1) is 0 Å². The maximum Gasteiger partial charge on any atom is 0.0385 e. The highest BCUT2D eigenvalue weighted by molar-refractivity contribution is 5.36. The van der Waals surface area contributed by atoms with E-state index < -0.39 is 0 Å². The molecule has 0 aliphatic carbocycles. The molecule has 0 amide bonds. The molecule has 0 radical (unpaired) electrons. The topological polar surface area (TPSA) is 6.48 Å². The summed E-state index contributed by atoms with van der Waals surface area (Å²) in [6.45, 7) is 7.22. The van der Waals surface area contributed by atoms with Crippen LogP contribution in [0.2, 0.25) is 0 Å². The van der Waals surface area contributed by atoms with Crippen molar-refractivity contribution in [1.82, 2.24) is 9.80 Å². The SMILES string of the molecule is C=C1C=CN2CCN(C)CC2=C1. The number of hydrogen-bond donors (Lipinski definition) is 0. The first-order chi connectivity index (χ1) is 5.75. The zero-order valence-corrected chi connectivity index (χ0v) is 7.45. The van der Waals surface area contributed by atoms with Crippen molar-refractivity contribution >= 4 is 0 Å². The summed E-state index contributed by atoms with van der Waals surface area (Å²) in [6, 6.07) is 0. The van der Waals surface area contributed by atoms with Gasteiger partial charge in [0.1, 0.15) is 0 Å². The Hall–Kier alpha value is -1.02. The molecule has 0 bridgehead atoms. The second-order valence-corrected chi connectivity index (χ2v) is 3.46. The molecule has 0 aromatic carbocycles. The van der Waals surface area contributed by atoms with E-state index in [1.165, 1.54) is 5.70 Å². The number of nitrogens with zero attached hydrogens (tertiary/aromatic N) is 2. The van der Waals surface area contributed by atoms with Crippen LogP contribution in [0.3, 0.4) is 0 Å². The molecule has 2 heteroatoms. The third kappa shape index (κ3) is 1.30. The molecule has 1 saturated heterocycles. The number of fused-ring (bicyclic) bond motifs is 1. The first-order valence-corrected chi connectivity index (χ1v) is 4.28. The summed E-state index contributed by atoms with van der Waals surface area (Å²) >= 11 is 0. The van der Waals surface area contributed by atoms with Crippen molar-refractivity contribution in [1.29, 1.82) is 0 Å². The highest BCUT2D eigenvalue weighted by Crippen LogP contribution is 2.19. The van der Waals surface area contributed by atoms with Crippen LogP contribution in [-0.4, -0.2) is 36.5 Å². The van der Waals surface area contributed by atoms with Gasteiger partial charge in [0.25, 0.3) is 0 Å². The molecule has 0 N–H and O–H groups in total. The zero-order chi connectivity index (χ0) is 8.55. The number of piperazine rings is 1. The van der Waals surface area contributed by atoms with E-state index in [4.69, 9.17) is 0 Å². The van der Waals surface area contributed by atoms with Gasteiger partial charge in [-0.1, -0.05) is 6.58 Å². The minimum Gasteiger partial charge on any atom is -0.349 e. The third-order valence-electron chi connectivity index (χ3n) is 2.34. The van der Waals surface area contributed by atoms with Crippen LogP contribution in [0.15, 0.2) is 36.2 Å². The van der Waals surface area contributed by atoms with Gasteiger partial charge in [0, 0.05) is 31.5 Å². The molecule has 0 aromatic heterocycles. The second-order valence-electron chi connectivity index (χ2n) is 3.46. The predicted octanol–water partition coefficient (Wildman–Crippen LogP) is 1.20. The molecule has 2 heterocycles. The van der Waals surface area contributed by atoms with E-state index in [1.807, 2.05) is 0 Å². The van der Waals surface area contributed by atoms with Gasteiger partial charge in [0.2, 0.25) is 0 Å². The smallest absolute Gasteiger partial charge is 0.0385 e. The van der Waals surface area contributed by atoms with Gasteiger partial charge >= 0.3 is 0 Å². The molecular weight excluding hydrogens is 148 g/mol. The van der Waals surface area contributed by atoms with Crippen LogP contribution in [0.1, 0.15) is 0 Å². The van der Waals surface area contributed by atoms with Crippen molar-refractivity contribution in [2.24, 2.45) is 0 Å². The highest BCUT2D eigenvalue weighted by Gasteiger charge is 2.17. The van der Waals surface area contributed by atoms with Gasteiger partial charge in [0.05, 0.1) is 0 Å². The Kier molecular flexibility index (Phi) is 1.77. The molecule has 0 aromatic rings. The second kappa shape index (κ2) is 2.79. The lowest BCUT2D eigenvalue weighted by Gasteiger charge is -2.35. The average Bonchev–Trinajstić information content (AvgIpc) is 2.03. The van der Waals surface area contributed by atoms with Crippen LogP contribution in [-0.2, 0) is 0 Å². The molecule has 2 aliphatic heterocycles. The molecule has 0 spiro atoms. The lowest BCUT2D eigenvalue weighted by atomic mass is 10.1. The summed E-state index contributed by atoms with van der Waals surface area (Å²) < 4.78 is 0. The molecule has 2 rings (SSSR count). The van der Waals surface area contributed by atoms with E-state index >= 15 is 0 Å². The molecule has 2 nitrogen and oxygen atoms in total. The fourth-order valence-electron chi connectivity index (χ4n) is 1.62. The maximum atomic E-state index is 3.92. The van der Waals surface area contributed by atoms with Crippen molar-refractivity contribution in [3.05, 3.63) is 36.2 Å². The first-order valence-electron chi connectivity index (χ1n) is 4.28. The van der Waals surface area contributed by atoms with Crippen molar-refractivity contribution < 1.29 is 0 Å². The molecule has 12 heavy (non-hydrogen) atoms. The molecule has 0 saturated carbocycles. The molecule has 0 unspecified atom stereocenters. The van der Waals surface area contributed by atoms with E-state index in [2.05, 4.69) is 41.8 Å². The Morgan fingerprint density at radius 3 is 3.08 bits per heavy atom. The van der Waals surface area contributed by atoms with Crippen molar-refractivity contribution in [3.8, 4) is 0 Å². The van der Waals surface area contributed by atoms with Crippen LogP contribution in [0.5, 0.6) is 0 Å². The standard InChI is InChI=1S/C10H14N2/c1-9-3-4-12-6-5-11(2)8-10(12)7-9/h3-4,7H,1,5-6,8H2,2H3. The molecule has 0 atom stereocenters. The van der Waals surface area contributed by atoms with E-state index in [0.29, 0.717) is 0 Å². The number of rotatable bonds is 0. The van der Waals surface area contributed by atoms with Gasteiger partial charge in [0.15, 0.2) is 0 Å². The lowest BCUT2D eigenvalue weighted by Crippen LogP contribution is -2.40. The molecular formula is C10H14N2. The van der Waals surface area contributed by atoms with E-state index in [-0.39, 0.29) is 0 Å². The van der Waals surface area contributed by atoms with E-state index in [9.17, 15) is 0 Å². The van der Waals surface area contributed by atoms with Gasteiger partial charge in [-0.25, -0.2) is 0 Å². The fraction of sp³-hybridized carbons (Fsp3) is 0.400. The van der Waals surface area contributed by atoms with Gasteiger partial charge in [-0.3, -0.25) is 4.90 Å². The van der Waals surface area contributed by atoms with Gasteiger partial charge in [-0.2, -0.15) is 0 Å². The summed E-state index contributed by atoms with van der Waals surface area (Å²) in [5, 5.41) is 0. The van der Waals surface area contributed by atoms with Crippen LogP contribution >= 0.6 is 0 Å². The summed E-state index contributed by atoms with van der Waals surface area (Å²) in [5.41, 5.74) is 2.48. The van der Waals surface area contributed by atoms with E-state index in [0.717, 1.165) is 25.2 Å². The molecule has 2 aliphatic rings. The first kappa shape index (κ1) is 7.62. The normalized spacial score (nSPS) is 23.9. The molecule has 64 valence electrons. The predicted molar refractivity (Wildman–Crippen MR) is 50.6 cm³/mol. The minimum atomic E-state index is 1.04. The Bertz CT molecular complexity index is 263. The number of allylic oxidation sites excluding steroid dienone is 3. The number of likely N-dealkylation sites (N-methyl/N-ethyl adjacent to an activating group) is 1. The summed E-state index contributed by atoms with van der Waals surface area (Å²) in [4.78, 5) is 4.63. The lowest BCUT2D eigenvalue weighted by molar-refractivity contribution is 0.244. The Morgan fingerprint density at radius 1 is 1.42 bits per heavy atom. The molecule has 1 fully saturated rings. The highest BCUT2D eigenvalue weighted by atomic mass is 15.2. The Labute approximate surface area is 73.5 Å². The Morgan fingerprint density at radius 2 is 2.25 bits per heavy atom. The Balaban J connectivity index is 2.19. The van der Waals surface area contributed by atoms with Crippen molar-refractivity contribution in [3.63, 3.8) is 0 Å². The van der Waals surface area contributed by atoms with Crippen molar-refractivity contribution in [2.45, 2.75) is 0 Å². The quantitative estimate of drug-likeness (QED) is 0.528. The van der Waals surface area contributed by atoms with Gasteiger partial charge in [-0.05, 0) is 24.8 Å². The summed E-state index contributed by atoms with van der Waals surface area (Å²) in [7, 11) is 2.15. The summed E-state index contributed by atoms with van der Waals surface area (Å²) in [5.74, 6) is 0. The van der Waals surface area contributed by atoms with E-state index in [1.54, 1.807) is 0 Å². The minimum absolute atomic E-state index is 1.04. The zero-order valence-electron chi connectivity index (χ0n) is 7.45.